The SMILES string of the molecule is O=C(CN(CC(=O)NCc1cccc(Cl)c1)c1ccccc1Oc1ccccc1)NCc1ccccc1. The molecule has 0 fully saturated rings. The Kier molecular flexibility index (Phi) is 9.16. The fourth-order valence-corrected chi connectivity index (χ4v) is 3.96. The third-order valence-electron chi connectivity index (χ3n) is 5.56. The molecule has 6 nitrogen and oxygen atoms in total. The summed E-state index contributed by atoms with van der Waals surface area (Å²) >= 11 is 6.06. The van der Waals surface area contributed by atoms with Crippen LogP contribution >= 0.6 is 11.6 Å². The number of para-hydroxylation sites is 3. The molecule has 0 saturated carbocycles. The largest absolute Gasteiger partial charge is 0.455 e. The van der Waals surface area contributed by atoms with Crippen molar-refractivity contribution < 1.29 is 14.3 Å². The van der Waals surface area contributed by atoms with Crippen molar-refractivity contribution in [2.45, 2.75) is 13.1 Å². The molecule has 0 aliphatic rings. The van der Waals surface area contributed by atoms with E-state index < -0.39 is 0 Å². The first-order valence-electron chi connectivity index (χ1n) is 12.0. The maximum absolute atomic E-state index is 13.0. The van der Waals surface area contributed by atoms with Crippen LogP contribution in [-0.4, -0.2) is 24.9 Å². The van der Waals surface area contributed by atoms with Crippen LogP contribution in [0.3, 0.4) is 0 Å². The molecule has 0 saturated heterocycles. The zero-order chi connectivity index (χ0) is 25.9. The molecule has 4 aromatic carbocycles. The van der Waals surface area contributed by atoms with Crippen LogP contribution in [0.15, 0.2) is 109 Å². The van der Waals surface area contributed by atoms with E-state index in [0.29, 0.717) is 35.3 Å². The van der Waals surface area contributed by atoms with Crippen LogP contribution in [0.1, 0.15) is 11.1 Å². The first-order valence-corrected chi connectivity index (χ1v) is 12.3. The van der Waals surface area contributed by atoms with Gasteiger partial charge >= 0.3 is 0 Å². The smallest absolute Gasteiger partial charge is 0.239 e. The predicted molar refractivity (Wildman–Crippen MR) is 147 cm³/mol. The van der Waals surface area contributed by atoms with E-state index in [0.717, 1.165) is 11.1 Å². The van der Waals surface area contributed by atoms with Crippen molar-refractivity contribution in [1.82, 2.24) is 10.6 Å². The van der Waals surface area contributed by atoms with Gasteiger partial charge in [0.05, 0.1) is 18.8 Å². The highest BCUT2D eigenvalue weighted by Gasteiger charge is 2.19. The summed E-state index contributed by atoms with van der Waals surface area (Å²) in [7, 11) is 0. The highest BCUT2D eigenvalue weighted by Crippen LogP contribution is 2.32. The lowest BCUT2D eigenvalue weighted by atomic mass is 10.2. The van der Waals surface area contributed by atoms with Gasteiger partial charge in [0.2, 0.25) is 11.8 Å². The van der Waals surface area contributed by atoms with Gasteiger partial charge in [0.15, 0.2) is 5.75 Å². The van der Waals surface area contributed by atoms with Crippen LogP contribution < -0.4 is 20.3 Å². The molecule has 0 heterocycles. The van der Waals surface area contributed by atoms with Crippen molar-refractivity contribution in [3.8, 4) is 11.5 Å². The van der Waals surface area contributed by atoms with E-state index in [1.165, 1.54) is 0 Å². The molecule has 0 radical (unpaired) electrons. The lowest BCUT2D eigenvalue weighted by Crippen LogP contribution is -2.43. The Morgan fingerprint density at radius 1 is 0.676 bits per heavy atom. The number of anilines is 1. The number of amides is 2. The van der Waals surface area contributed by atoms with Crippen LogP contribution in [0, 0.1) is 0 Å². The number of carbonyl (C=O) groups is 2. The normalized spacial score (nSPS) is 10.4. The Bertz CT molecular complexity index is 1320. The summed E-state index contributed by atoms with van der Waals surface area (Å²) in [6.45, 7) is 0.674. The summed E-state index contributed by atoms with van der Waals surface area (Å²) < 4.78 is 6.11. The first-order chi connectivity index (χ1) is 18.1. The van der Waals surface area contributed by atoms with Crippen LogP contribution in [0.5, 0.6) is 11.5 Å². The van der Waals surface area contributed by atoms with E-state index in [4.69, 9.17) is 16.3 Å². The van der Waals surface area contributed by atoms with E-state index >= 15 is 0 Å². The van der Waals surface area contributed by atoms with Gasteiger partial charge in [0, 0.05) is 18.1 Å². The Hall–Kier alpha value is -4.29. The summed E-state index contributed by atoms with van der Waals surface area (Å²) in [5.74, 6) is 0.771. The Morgan fingerprint density at radius 2 is 1.24 bits per heavy atom. The molecule has 2 amide bonds. The zero-order valence-electron chi connectivity index (χ0n) is 20.3. The van der Waals surface area contributed by atoms with Crippen molar-refractivity contribution in [1.29, 1.82) is 0 Å². The standard InChI is InChI=1S/C30H28ClN3O3/c31-25-13-9-12-24(18-25)20-33-30(36)22-34(21-29(35)32-19-23-10-3-1-4-11-23)27-16-7-8-17-28(27)37-26-14-5-2-6-15-26/h1-18H,19-22H2,(H,32,35)(H,33,36). The average molecular weight is 514 g/mol. The molecule has 0 aliphatic heterocycles. The van der Waals surface area contributed by atoms with E-state index in [9.17, 15) is 9.59 Å². The van der Waals surface area contributed by atoms with Gasteiger partial charge in [-0.15, -0.1) is 0 Å². The minimum absolute atomic E-state index is 0.0212. The summed E-state index contributed by atoms with van der Waals surface area (Å²) in [6.07, 6.45) is 0. The summed E-state index contributed by atoms with van der Waals surface area (Å²) in [5, 5.41) is 6.46. The summed E-state index contributed by atoms with van der Waals surface area (Å²) in [6, 6.07) is 33.8. The number of hydrogen-bond acceptors (Lipinski definition) is 4. The van der Waals surface area contributed by atoms with E-state index in [2.05, 4.69) is 10.6 Å². The van der Waals surface area contributed by atoms with Gasteiger partial charge in [0.1, 0.15) is 5.75 Å². The fourth-order valence-electron chi connectivity index (χ4n) is 3.75. The second-order valence-electron chi connectivity index (χ2n) is 8.41. The minimum atomic E-state index is -0.231. The summed E-state index contributed by atoms with van der Waals surface area (Å²) in [4.78, 5) is 27.6. The lowest BCUT2D eigenvalue weighted by Gasteiger charge is -2.26. The highest BCUT2D eigenvalue weighted by atomic mass is 35.5. The first kappa shape index (κ1) is 25.8. The van der Waals surface area contributed by atoms with Crippen LogP contribution in [-0.2, 0) is 22.7 Å². The molecule has 37 heavy (non-hydrogen) atoms. The fraction of sp³-hybridized carbons (Fsp3) is 0.133. The molecular formula is C30H28ClN3O3. The van der Waals surface area contributed by atoms with Gasteiger partial charge in [-0.05, 0) is 47.5 Å². The third-order valence-corrected chi connectivity index (χ3v) is 5.79. The van der Waals surface area contributed by atoms with E-state index in [-0.39, 0.29) is 24.9 Å². The van der Waals surface area contributed by atoms with Crippen LogP contribution in [0.2, 0.25) is 5.02 Å². The Balaban J connectivity index is 1.49. The maximum Gasteiger partial charge on any atom is 0.239 e. The number of halogens is 1. The quantitative estimate of drug-likeness (QED) is 0.275. The predicted octanol–water partition coefficient (Wildman–Crippen LogP) is 5.57. The van der Waals surface area contributed by atoms with Crippen molar-refractivity contribution in [3.63, 3.8) is 0 Å². The van der Waals surface area contributed by atoms with Crippen molar-refractivity contribution >= 4 is 29.1 Å². The molecule has 0 unspecified atom stereocenters. The van der Waals surface area contributed by atoms with Gasteiger partial charge in [-0.3, -0.25) is 9.59 Å². The molecule has 0 bridgehead atoms. The Morgan fingerprint density at radius 3 is 1.92 bits per heavy atom. The molecule has 0 aliphatic carbocycles. The topological polar surface area (TPSA) is 70.7 Å². The number of hydrogen-bond donors (Lipinski definition) is 2. The highest BCUT2D eigenvalue weighted by molar-refractivity contribution is 6.30. The number of nitrogens with zero attached hydrogens (tertiary/aromatic N) is 1. The minimum Gasteiger partial charge on any atom is -0.455 e. The number of ether oxygens (including phenoxy) is 1. The molecule has 0 aromatic heterocycles. The van der Waals surface area contributed by atoms with Crippen molar-refractivity contribution in [2.75, 3.05) is 18.0 Å². The molecule has 7 heteroatoms. The zero-order valence-corrected chi connectivity index (χ0v) is 21.0. The summed E-state index contributed by atoms with van der Waals surface area (Å²) in [5.41, 5.74) is 2.52. The molecule has 4 aromatic rings. The van der Waals surface area contributed by atoms with Gasteiger partial charge < -0.3 is 20.3 Å². The van der Waals surface area contributed by atoms with Gasteiger partial charge in [-0.1, -0.05) is 84.4 Å². The molecule has 188 valence electrons. The number of benzene rings is 4. The second-order valence-corrected chi connectivity index (χ2v) is 8.84. The number of carbonyl (C=O) groups excluding carboxylic acids is 2. The van der Waals surface area contributed by atoms with Crippen LogP contribution in [0.4, 0.5) is 5.69 Å². The van der Waals surface area contributed by atoms with Crippen molar-refractivity contribution in [3.05, 3.63) is 125 Å². The van der Waals surface area contributed by atoms with E-state index in [1.807, 2.05) is 97.1 Å². The maximum atomic E-state index is 13.0. The van der Waals surface area contributed by atoms with Gasteiger partial charge in [-0.2, -0.15) is 0 Å². The van der Waals surface area contributed by atoms with Gasteiger partial charge in [-0.25, -0.2) is 0 Å². The monoisotopic (exact) mass is 513 g/mol. The molecule has 4 rings (SSSR count). The number of rotatable bonds is 11. The molecular weight excluding hydrogens is 486 g/mol. The number of nitrogens with one attached hydrogen (secondary N) is 2. The Labute approximate surface area is 221 Å². The van der Waals surface area contributed by atoms with Gasteiger partial charge in [0.25, 0.3) is 0 Å². The van der Waals surface area contributed by atoms with E-state index in [1.54, 1.807) is 17.0 Å². The molecule has 0 spiro atoms. The molecule has 0 atom stereocenters. The molecule has 2 N–H and O–H groups in total. The second kappa shape index (κ2) is 13.1. The average Bonchev–Trinajstić information content (AvgIpc) is 2.92. The lowest BCUT2D eigenvalue weighted by molar-refractivity contribution is -0.120. The van der Waals surface area contributed by atoms with Crippen molar-refractivity contribution in [2.24, 2.45) is 0 Å². The van der Waals surface area contributed by atoms with Crippen LogP contribution in [0.25, 0.3) is 0 Å². The third kappa shape index (κ3) is 8.12.